The zero-order chi connectivity index (χ0) is 15.9. The Hall–Kier alpha value is -2.18. The Morgan fingerprint density at radius 2 is 1.64 bits per heavy atom. The Labute approximate surface area is 133 Å². The monoisotopic (exact) mass is 292 g/mol. The molecule has 0 fully saturated rings. The van der Waals surface area contributed by atoms with Crippen molar-refractivity contribution >= 4 is 11.7 Å². The minimum atomic E-state index is 0.625. The van der Waals surface area contributed by atoms with Crippen LogP contribution < -0.4 is 0 Å². The molecule has 2 heteroatoms. The lowest BCUT2D eigenvalue weighted by Crippen LogP contribution is -1.94. The van der Waals surface area contributed by atoms with Gasteiger partial charge >= 0.3 is 0 Å². The van der Waals surface area contributed by atoms with Crippen molar-refractivity contribution in [1.82, 2.24) is 0 Å². The van der Waals surface area contributed by atoms with Crippen molar-refractivity contribution in [1.29, 1.82) is 0 Å². The maximum Gasteiger partial charge on any atom is 0.0952 e. The van der Waals surface area contributed by atoms with E-state index < -0.39 is 0 Å². The van der Waals surface area contributed by atoms with Crippen molar-refractivity contribution in [2.75, 3.05) is 0 Å². The van der Waals surface area contributed by atoms with Crippen LogP contribution in [-0.2, 0) is 13.0 Å². The van der Waals surface area contributed by atoms with E-state index >= 15 is 0 Å². The summed E-state index contributed by atoms with van der Waals surface area (Å²) in [4.78, 5) is 8.60. The van der Waals surface area contributed by atoms with Gasteiger partial charge in [0.05, 0.1) is 18.2 Å². The van der Waals surface area contributed by atoms with E-state index in [0.717, 1.165) is 12.1 Å². The van der Waals surface area contributed by atoms with E-state index in [1.807, 2.05) is 12.1 Å². The van der Waals surface area contributed by atoms with Gasteiger partial charge in [-0.15, -0.1) is 0 Å². The molecule has 0 bridgehead atoms. The summed E-state index contributed by atoms with van der Waals surface area (Å²) in [7, 11) is 0. The van der Waals surface area contributed by atoms with Crippen LogP contribution in [0.5, 0.6) is 0 Å². The Morgan fingerprint density at radius 1 is 0.955 bits per heavy atom. The average Bonchev–Trinajstić information content (AvgIpc) is 2.42. The molecular formula is C20H24N2. The third kappa shape index (κ3) is 5.31. The summed E-state index contributed by atoms with van der Waals surface area (Å²) in [5.74, 6) is 0.671. The van der Waals surface area contributed by atoms with E-state index in [-0.39, 0.29) is 0 Å². The SMILES string of the molecule is Cc1cc(C)cc(N=C=NCc2cccc(CC(C)C)c2)c1. The molecule has 2 aromatic rings. The molecule has 0 aliphatic rings. The van der Waals surface area contributed by atoms with Crippen LogP contribution in [-0.4, -0.2) is 6.01 Å². The largest absolute Gasteiger partial charge is 0.221 e. The first kappa shape index (κ1) is 16.2. The van der Waals surface area contributed by atoms with Crippen LogP contribution >= 0.6 is 0 Å². The first-order valence-corrected chi connectivity index (χ1v) is 7.81. The smallest absolute Gasteiger partial charge is 0.0952 e. The molecule has 0 atom stereocenters. The van der Waals surface area contributed by atoms with Crippen molar-refractivity contribution in [2.45, 2.75) is 40.7 Å². The van der Waals surface area contributed by atoms with Gasteiger partial charge in [-0.25, -0.2) is 4.99 Å². The van der Waals surface area contributed by atoms with Crippen LogP contribution in [0.15, 0.2) is 52.4 Å². The normalized spacial score (nSPS) is 10.4. The third-order valence-electron chi connectivity index (χ3n) is 3.35. The standard InChI is InChI=1S/C20H24N2/c1-15(2)8-18-6-5-7-19(12-18)13-21-14-22-20-10-16(3)9-17(4)11-20/h5-7,9-12,15H,8,13H2,1-4H3. The molecule has 0 heterocycles. The highest BCUT2D eigenvalue weighted by Gasteiger charge is 1.98. The lowest BCUT2D eigenvalue weighted by Gasteiger charge is -2.05. The summed E-state index contributed by atoms with van der Waals surface area (Å²) < 4.78 is 0. The van der Waals surface area contributed by atoms with Crippen LogP contribution in [0.25, 0.3) is 0 Å². The number of aryl methyl sites for hydroxylation is 2. The minimum Gasteiger partial charge on any atom is -0.221 e. The van der Waals surface area contributed by atoms with Gasteiger partial charge in [0.1, 0.15) is 0 Å². The van der Waals surface area contributed by atoms with Crippen molar-refractivity contribution in [3.8, 4) is 0 Å². The van der Waals surface area contributed by atoms with E-state index in [2.05, 4.69) is 74.0 Å². The molecule has 0 N–H and O–H groups in total. The molecule has 22 heavy (non-hydrogen) atoms. The van der Waals surface area contributed by atoms with E-state index in [4.69, 9.17) is 0 Å². The number of benzene rings is 2. The fraction of sp³-hybridized carbons (Fsp3) is 0.350. The summed E-state index contributed by atoms with van der Waals surface area (Å²) in [5, 5.41) is 0. The lowest BCUT2D eigenvalue weighted by molar-refractivity contribution is 0.647. The second-order valence-electron chi connectivity index (χ2n) is 6.29. The Bertz CT molecular complexity index is 672. The molecule has 0 saturated carbocycles. The zero-order valence-electron chi connectivity index (χ0n) is 13.9. The molecular weight excluding hydrogens is 268 g/mol. The van der Waals surface area contributed by atoms with E-state index in [0.29, 0.717) is 12.5 Å². The number of aliphatic imine (C=N–C) groups is 2. The molecule has 0 aromatic heterocycles. The molecule has 0 saturated heterocycles. The van der Waals surface area contributed by atoms with E-state index in [9.17, 15) is 0 Å². The van der Waals surface area contributed by atoms with Crippen LogP contribution in [0.3, 0.4) is 0 Å². The van der Waals surface area contributed by atoms with Gasteiger partial charge in [-0.05, 0) is 60.6 Å². The molecule has 0 amide bonds. The predicted octanol–water partition coefficient (Wildman–Crippen LogP) is 5.51. The summed E-state index contributed by atoms with van der Waals surface area (Å²) in [5.41, 5.74) is 5.91. The van der Waals surface area contributed by atoms with Gasteiger partial charge in [0, 0.05) is 0 Å². The molecule has 0 aliphatic carbocycles. The number of nitrogens with zero attached hydrogens (tertiary/aromatic N) is 2. The van der Waals surface area contributed by atoms with Crippen molar-refractivity contribution < 1.29 is 0 Å². The lowest BCUT2D eigenvalue weighted by atomic mass is 10.0. The maximum absolute atomic E-state index is 4.30. The third-order valence-corrected chi connectivity index (χ3v) is 3.35. The van der Waals surface area contributed by atoms with Crippen LogP contribution in [0.4, 0.5) is 5.69 Å². The fourth-order valence-electron chi connectivity index (χ4n) is 2.56. The molecule has 2 nitrogen and oxygen atoms in total. The van der Waals surface area contributed by atoms with Gasteiger partial charge in [-0.2, -0.15) is 4.99 Å². The Morgan fingerprint density at radius 3 is 2.32 bits per heavy atom. The van der Waals surface area contributed by atoms with Crippen LogP contribution in [0.1, 0.15) is 36.1 Å². The van der Waals surface area contributed by atoms with Gasteiger partial charge < -0.3 is 0 Å². The van der Waals surface area contributed by atoms with Crippen LogP contribution in [0, 0.1) is 19.8 Å². The Kier molecular flexibility index (Phi) is 5.68. The number of hydrogen-bond donors (Lipinski definition) is 0. The maximum atomic E-state index is 4.30. The van der Waals surface area contributed by atoms with Gasteiger partial charge in [-0.1, -0.05) is 44.2 Å². The molecule has 0 unspecified atom stereocenters. The van der Waals surface area contributed by atoms with Crippen molar-refractivity contribution in [3.05, 3.63) is 64.7 Å². The highest BCUT2D eigenvalue weighted by Crippen LogP contribution is 2.16. The molecule has 0 spiro atoms. The quantitative estimate of drug-likeness (QED) is 0.649. The second-order valence-corrected chi connectivity index (χ2v) is 6.29. The van der Waals surface area contributed by atoms with Crippen molar-refractivity contribution in [3.63, 3.8) is 0 Å². The number of rotatable bonds is 5. The summed E-state index contributed by atoms with van der Waals surface area (Å²) >= 11 is 0. The molecule has 2 rings (SSSR count). The molecule has 0 aliphatic heterocycles. The topological polar surface area (TPSA) is 24.7 Å². The van der Waals surface area contributed by atoms with Gasteiger partial charge in [0.15, 0.2) is 0 Å². The first-order chi connectivity index (χ1) is 10.5. The highest BCUT2D eigenvalue weighted by molar-refractivity contribution is 5.54. The molecule has 114 valence electrons. The minimum absolute atomic E-state index is 0.625. The van der Waals surface area contributed by atoms with Gasteiger partial charge in [-0.3, -0.25) is 0 Å². The van der Waals surface area contributed by atoms with E-state index in [1.165, 1.54) is 22.3 Å². The fourth-order valence-corrected chi connectivity index (χ4v) is 2.56. The van der Waals surface area contributed by atoms with Crippen molar-refractivity contribution in [2.24, 2.45) is 15.9 Å². The summed E-state index contributed by atoms with van der Waals surface area (Å²) in [6.07, 6.45) is 1.11. The van der Waals surface area contributed by atoms with Crippen LogP contribution in [0.2, 0.25) is 0 Å². The predicted molar refractivity (Wildman–Crippen MR) is 94.1 cm³/mol. The Balaban J connectivity index is 2.04. The van der Waals surface area contributed by atoms with E-state index in [1.54, 1.807) is 0 Å². The first-order valence-electron chi connectivity index (χ1n) is 7.81. The summed E-state index contributed by atoms with van der Waals surface area (Å²) in [6.45, 7) is 9.25. The highest BCUT2D eigenvalue weighted by atomic mass is 14.8. The zero-order valence-corrected chi connectivity index (χ0v) is 13.9. The average molecular weight is 292 g/mol. The molecule has 2 aromatic carbocycles. The summed E-state index contributed by atoms with van der Waals surface area (Å²) in [6, 6.07) is 17.6. The molecule has 0 radical (unpaired) electrons. The van der Waals surface area contributed by atoms with Gasteiger partial charge in [0.25, 0.3) is 0 Å². The van der Waals surface area contributed by atoms with Gasteiger partial charge in [0.2, 0.25) is 0 Å². The number of hydrogen-bond acceptors (Lipinski definition) is 2. The second kappa shape index (κ2) is 7.72.